The lowest BCUT2D eigenvalue weighted by Crippen LogP contribution is -2.17. The summed E-state index contributed by atoms with van der Waals surface area (Å²) in [6.45, 7) is 0. The van der Waals surface area contributed by atoms with Crippen LogP contribution < -0.4 is 0 Å². The summed E-state index contributed by atoms with van der Waals surface area (Å²) in [5.41, 5.74) is 3.05. The van der Waals surface area contributed by atoms with Crippen molar-refractivity contribution in [2.75, 3.05) is 0 Å². The molecule has 3 heteroatoms. The molecule has 0 N–H and O–H groups in total. The van der Waals surface area contributed by atoms with Gasteiger partial charge in [-0.05, 0) is 43.9 Å². The molecule has 0 radical (unpaired) electrons. The van der Waals surface area contributed by atoms with E-state index < -0.39 is 0 Å². The van der Waals surface area contributed by atoms with Crippen molar-refractivity contribution in [1.29, 1.82) is 0 Å². The van der Waals surface area contributed by atoms with Crippen LogP contribution in [0.25, 0.3) is 0 Å². The van der Waals surface area contributed by atoms with Crippen LogP contribution in [0.5, 0.6) is 0 Å². The summed E-state index contributed by atoms with van der Waals surface area (Å²) in [6, 6.07) is 0. The van der Waals surface area contributed by atoms with Crippen molar-refractivity contribution < 1.29 is 4.52 Å². The van der Waals surface area contributed by atoms with E-state index >= 15 is 0 Å². The topological polar surface area (TPSA) is 26.0 Å². The molecule has 4 rings (SSSR count). The lowest BCUT2D eigenvalue weighted by molar-refractivity contribution is 0.304. The van der Waals surface area contributed by atoms with Gasteiger partial charge >= 0.3 is 0 Å². The van der Waals surface area contributed by atoms with Crippen molar-refractivity contribution in [2.45, 2.75) is 364 Å². The molecule has 3 aliphatic rings. The molecule has 0 aliphatic heterocycles. The first-order valence-corrected chi connectivity index (χ1v) is 30.9. The summed E-state index contributed by atoms with van der Waals surface area (Å²) in [4.78, 5) is 0. The molecule has 3 fully saturated rings. The van der Waals surface area contributed by atoms with Crippen LogP contribution in [-0.4, -0.2) is 5.16 Å². The Hall–Kier alpha value is -0.500. The van der Waals surface area contributed by atoms with E-state index in [0.29, 0.717) is 23.1 Å². The number of aromatic nitrogens is 1. The van der Waals surface area contributed by atoms with Crippen LogP contribution in [-0.2, 0) is 5.88 Å². The fourth-order valence-electron chi connectivity index (χ4n) is 12.0. The van der Waals surface area contributed by atoms with Crippen LogP contribution in [0.4, 0.5) is 0 Å². The van der Waals surface area contributed by atoms with Crippen molar-refractivity contribution >= 4 is 11.6 Å². The van der Waals surface area contributed by atoms with Crippen LogP contribution >= 0.6 is 11.6 Å². The van der Waals surface area contributed by atoms with Crippen molar-refractivity contribution in [1.82, 2.24) is 5.16 Å². The normalized spacial score (nSPS) is 25.6. The molecule has 1 unspecified atom stereocenters. The average molecular weight is 911 g/mol. The van der Waals surface area contributed by atoms with Gasteiger partial charge in [0.2, 0.25) is 0 Å². The van der Waals surface area contributed by atoms with Gasteiger partial charge in [0.25, 0.3) is 0 Å². The summed E-state index contributed by atoms with van der Waals surface area (Å²) in [6.07, 6.45) is 78.5. The maximum absolute atomic E-state index is 6.67. The summed E-state index contributed by atoms with van der Waals surface area (Å²) in [5, 5.41) is 4.85. The minimum absolute atomic E-state index is 0.472. The predicted molar refractivity (Wildman–Crippen MR) is 283 cm³/mol. The fraction of sp³-hybridized carbons (Fsp3) is 0.951. The zero-order valence-electron chi connectivity index (χ0n) is 43.3. The third-order valence-corrected chi connectivity index (χ3v) is 17.1. The second-order valence-electron chi connectivity index (χ2n) is 22.7. The molecule has 0 bridgehead atoms. The Bertz CT molecular complexity index is 1150. The number of alkyl halides is 1. The molecular weight excluding hydrogens is 798 g/mol. The van der Waals surface area contributed by atoms with Gasteiger partial charge in [-0.25, -0.2) is 0 Å². The molecule has 374 valence electrons. The molecule has 64 heavy (non-hydrogen) atoms. The van der Waals surface area contributed by atoms with Gasteiger partial charge in [-0.15, -0.1) is 11.6 Å². The number of hydrogen-bond acceptors (Lipinski definition) is 2. The minimum atomic E-state index is 0.472. The van der Waals surface area contributed by atoms with Gasteiger partial charge in [0.05, 0.1) is 11.6 Å². The zero-order valence-corrected chi connectivity index (χ0v) is 44.0. The summed E-state index contributed by atoms with van der Waals surface area (Å²) in [7, 11) is 0. The fourth-order valence-corrected chi connectivity index (χ4v) is 12.3. The number of halogens is 1. The van der Waals surface area contributed by atoms with E-state index in [1.807, 2.05) is 0 Å². The molecule has 0 amide bonds. The second kappa shape index (κ2) is 39.4. The van der Waals surface area contributed by atoms with Gasteiger partial charge in [0, 0.05) is 17.4 Å². The molecule has 1 atom stereocenters. The number of hydrogen-bond donors (Lipinski definition) is 0. The quantitative estimate of drug-likeness (QED) is 0.283. The zero-order chi connectivity index (χ0) is 44.7. The first-order chi connectivity index (χ1) is 31.8. The largest absolute Gasteiger partial charge is 0.360 e. The van der Waals surface area contributed by atoms with E-state index in [4.69, 9.17) is 21.3 Å². The maximum atomic E-state index is 6.67. The monoisotopic (exact) mass is 910 g/mol. The molecule has 0 saturated heterocycles. The molecule has 1 aromatic heterocycles. The Morgan fingerprint density at radius 2 is 0.578 bits per heavy atom. The molecule has 3 aliphatic carbocycles. The standard InChI is InChI=1S/C61H112ClNO/c62-55-57-59(63-64-60(57)56-50-51-56)58-49-47-45-43-41-39-37-35-33-31-29-27-25-23-21-19-17-15-13-11-9-7-5-3-1-2-4-6-8-10-12-14-16-18-20-22-24-26-28-30-32-34-36-38-40-42-44-46-48-52-61(58)53-54-61/h56,58H,1-55H2. The second-order valence-corrected chi connectivity index (χ2v) is 23.0. The molecule has 1 aromatic rings. The smallest absolute Gasteiger partial charge is 0.144 e. The van der Waals surface area contributed by atoms with E-state index in [-0.39, 0.29) is 0 Å². The predicted octanol–water partition coefficient (Wildman–Crippen LogP) is 22.7. The third kappa shape index (κ3) is 27.5. The lowest BCUT2D eigenvalue weighted by atomic mass is 9.77. The molecular formula is C61H112ClNO. The third-order valence-electron chi connectivity index (χ3n) is 16.8. The van der Waals surface area contributed by atoms with Crippen LogP contribution in [0.15, 0.2) is 4.52 Å². The number of rotatable bonds is 3. The van der Waals surface area contributed by atoms with Crippen LogP contribution in [0.2, 0.25) is 0 Å². The van der Waals surface area contributed by atoms with E-state index in [9.17, 15) is 0 Å². The molecule has 3 saturated carbocycles. The maximum Gasteiger partial charge on any atom is 0.144 e. The van der Waals surface area contributed by atoms with Gasteiger partial charge in [0.15, 0.2) is 0 Å². The Morgan fingerprint density at radius 1 is 0.328 bits per heavy atom. The van der Waals surface area contributed by atoms with Crippen molar-refractivity contribution in [3.63, 3.8) is 0 Å². The molecule has 1 heterocycles. The first kappa shape index (κ1) is 56.1. The van der Waals surface area contributed by atoms with Crippen molar-refractivity contribution in [3.05, 3.63) is 17.0 Å². The van der Waals surface area contributed by atoms with E-state index in [2.05, 4.69) is 0 Å². The van der Waals surface area contributed by atoms with E-state index in [1.54, 1.807) is 0 Å². The summed E-state index contributed by atoms with van der Waals surface area (Å²) in [5.74, 6) is 2.89. The van der Waals surface area contributed by atoms with Gasteiger partial charge in [-0.2, -0.15) is 0 Å². The van der Waals surface area contributed by atoms with E-state index in [0.717, 1.165) is 5.76 Å². The minimum Gasteiger partial charge on any atom is -0.360 e. The van der Waals surface area contributed by atoms with E-state index in [1.165, 1.54) is 358 Å². The van der Waals surface area contributed by atoms with Gasteiger partial charge in [-0.1, -0.05) is 313 Å². The van der Waals surface area contributed by atoms with Gasteiger partial charge in [0.1, 0.15) is 5.76 Å². The number of nitrogens with zero attached hydrogens (tertiary/aromatic N) is 1. The Kier molecular flexibility index (Phi) is 34.5. The molecule has 2 nitrogen and oxygen atoms in total. The van der Waals surface area contributed by atoms with Gasteiger partial charge in [-0.3, -0.25) is 0 Å². The highest BCUT2D eigenvalue weighted by Gasteiger charge is 2.51. The van der Waals surface area contributed by atoms with Crippen molar-refractivity contribution in [2.24, 2.45) is 5.41 Å². The average Bonchev–Trinajstić information content (AvgIpc) is 4.26. The molecule has 1 spiro atoms. The van der Waals surface area contributed by atoms with Crippen molar-refractivity contribution in [3.8, 4) is 0 Å². The Morgan fingerprint density at radius 3 is 0.812 bits per heavy atom. The Balaban J connectivity index is 1.07. The highest BCUT2D eigenvalue weighted by atomic mass is 35.5. The van der Waals surface area contributed by atoms with Crippen LogP contribution in [0.3, 0.4) is 0 Å². The summed E-state index contributed by atoms with van der Waals surface area (Å²) >= 11 is 6.67. The van der Waals surface area contributed by atoms with Crippen LogP contribution in [0.1, 0.15) is 376 Å². The van der Waals surface area contributed by atoms with Crippen LogP contribution in [0, 0.1) is 5.41 Å². The summed E-state index contributed by atoms with van der Waals surface area (Å²) < 4.78 is 6.09. The lowest BCUT2D eigenvalue weighted by Gasteiger charge is -2.26. The highest BCUT2D eigenvalue weighted by molar-refractivity contribution is 6.17. The SMILES string of the molecule is ClCc1c(C2CCCCCCCCCCCCCCCCCCCCCCCCCCCCCCCCCCCCCCCCCCCCCCCCCCC23CC3)noc1C1CC1. The highest BCUT2D eigenvalue weighted by Crippen LogP contribution is 2.62. The van der Waals surface area contributed by atoms with Gasteiger partial charge < -0.3 is 4.52 Å². The molecule has 0 aromatic carbocycles. The first-order valence-electron chi connectivity index (χ1n) is 30.4. The Labute approximate surface area is 406 Å².